The number of halogens is 1. The SMILES string of the molecule is O=C(CCNS(=O)(=O)c1ccc(Br)cc1)Nc1ccc(S(=O)(=O)Nc2ncccn2)cc1. The number of nitrogens with one attached hydrogen (secondary N) is 3. The van der Waals surface area contributed by atoms with Gasteiger partial charge in [-0.2, -0.15) is 0 Å². The standard InChI is InChI=1S/C19H18BrN5O5S2/c20-14-2-6-16(7-3-14)31(27,28)23-13-10-18(26)24-15-4-8-17(9-5-15)32(29,30)25-19-21-11-1-12-22-19/h1-9,11-12,23H,10,13H2,(H,24,26)(H,21,22,25). The second-order valence-electron chi connectivity index (χ2n) is 6.35. The van der Waals surface area contributed by atoms with Gasteiger partial charge in [-0.25, -0.2) is 36.2 Å². The van der Waals surface area contributed by atoms with Gasteiger partial charge in [0.25, 0.3) is 10.0 Å². The smallest absolute Gasteiger partial charge is 0.264 e. The summed E-state index contributed by atoms with van der Waals surface area (Å²) in [5.74, 6) is -0.495. The summed E-state index contributed by atoms with van der Waals surface area (Å²) in [6.07, 6.45) is 2.70. The first-order valence-corrected chi connectivity index (χ1v) is 12.9. The van der Waals surface area contributed by atoms with E-state index in [-0.39, 0.29) is 28.7 Å². The van der Waals surface area contributed by atoms with Crippen molar-refractivity contribution < 1.29 is 21.6 Å². The van der Waals surface area contributed by atoms with Gasteiger partial charge in [-0.3, -0.25) is 4.79 Å². The van der Waals surface area contributed by atoms with Crippen LogP contribution in [0.15, 0.2) is 81.3 Å². The summed E-state index contributed by atoms with van der Waals surface area (Å²) < 4.78 is 54.5. The minimum absolute atomic E-state index is 0.0368. The van der Waals surface area contributed by atoms with Crippen LogP contribution < -0.4 is 14.8 Å². The Bertz CT molecular complexity index is 1280. The minimum Gasteiger partial charge on any atom is -0.326 e. The van der Waals surface area contributed by atoms with Crippen molar-refractivity contribution in [1.82, 2.24) is 14.7 Å². The molecule has 3 rings (SSSR count). The molecule has 1 heterocycles. The molecule has 1 amide bonds. The largest absolute Gasteiger partial charge is 0.326 e. The molecule has 0 spiro atoms. The lowest BCUT2D eigenvalue weighted by atomic mass is 10.3. The molecule has 0 aliphatic carbocycles. The summed E-state index contributed by atoms with van der Waals surface area (Å²) in [7, 11) is -7.61. The van der Waals surface area contributed by atoms with Crippen LogP contribution in [0.1, 0.15) is 6.42 Å². The van der Waals surface area contributed by atoms with Crippen molar-refractivity contribution in [2.24, 2.45) is 0 Å². The van der Waals surface area contributed by atoms with Gasteiger partial charge in [-0.1, -0.05) is 15.9 Å². The van der Waals surface area contributed by atoms with E-state index in [0.717, 1.165) is 4.47 Å². The van der Waals surface area contributed by atoms with Crippen molar-refractivity contribution in [2.75, 3.05) is 16.6 Å². The molecule has 0 radical (unpaired) electrons. The highest BCUT2D eigenvalue weighted by atomic mass is 79.9. The maximum absolute atomic E-state index is 12.4. The van der Waals surface area contributed by atoms with E-state index in [1.54, 1.807) is 18.2 Å². The number of benzene rings is 2. The molecule has 0 saturated heterocycles. The van der Waals surface area contributed by atoms with Crippen molar-refractivity contribution in [3.8, 4) is 0 Å². The molecule has 0 unspecified atom stereocenters. The summed E-state index contributed by atoms with van der Waals surface area (Å²) in [6, 6.07) is 13.1. The average Bonchev–Trinajstić information content (AvgIpc) is 2.75. The summed E-state index contributed by atoms with van der Waals surface area (Å²) in [6.45, 7) is -0.0995. The zero-order valence-corrected chi connectivity index (χ0v) is 19.6. The van der Waals surface area contributed by atoms with Crippen molar-refractivity contribution >= 4 is 53.5 Å². The third kappa shape index (κ3) is 6.56. The predicted molar refractivity (Wildman–Crippen MR) is 122 cm³/mol. The number of aromatic nitrogens is 2. The molecule has 0 bridgehead atoms. The Kier molecular flexibility index (Phi) is 7.56. The van der Waals surface area contributed by atoms with E-state index < -0.39 is 26.0 Å². The van der Waals surface area contributed by atoms with Crippen LogP contribution in [0.5, 0.6) is 0 Å². The molecule has 0 atom stereocenters. The molecule has 3 N–H and O–H groups in total. The number of anilines is 2. The summed E-state index contributed by atoms with van der Waals surface area (Å²) in [4.78, 5) is 19.8. The van der Waals surface area contributed by atoms with Crippen LogP contribution in [0.3, 0.4) is 0 Å². The third-order valence-electron chi connectivity index (χ3n) is 4.01. The van der Waals surface area contributed by atoms with Crippen LogP contribution in [0.2, 0.25) is 0 Å². The van der Waals surface area contributed by atoms with Gasteiger partial charge < -0.3 is 5.32 Å². The first kappa shape index (κ1) is 23.8. The van der Waals surface area contributed by atoms with Crippen LogP contribution >= 0.6 is 15.9 Å². The van der Waals surface area contributed by atoms with E-state index in [0.29, 0.717) is 5.69 Å². The van der Waals surface area contributed by atoms with Gasteiger partial charge >= 0.3 is 0 Å². The number of rotatable bonds is 9. The van der Waals surface area contributed by atoms with E-state index in [9.17, 15) is 21.6 Å². The number of carbonyl (C=O) groups excluding carboxylic acids is 1. The van der Waals surface area contributed by atoms with E-state index in [2.05, 4.69) is 40.7 Å². The van der Waals surface area contributed by atoms with Crippen LogP contribution in [-0.2, 0) is 24.8 Å². The van der Waals surface area contributed by atoms with Crippen molar-refractivity contribution in [3.05, 3.63) is 71.5 Å². The fourth-order valence-electron chi connectivity index (χ4n) is 2.47. The van der Waals surface area contributed by atoms with Crippen molar-refractivity contribution in [1.29, 1.82) is 0 Å². The minimum atomic E-state index is -3.89. The van der Waals surface area contributed by atoms with Crippen LogP contribution in [0.25, 0.3) is 0 Å². The molecular weight excluding hydrogens is 522 g/mol. The number of sulfonamides is 2. The molecule has 0 fully saturated rings. The Labute approximate surface area is 193 Å². The Morgan fingerprint density at radius 1 is 0.844 bits per heavy atom. The second-order valence-corrected chi connectivity index (χ2v) is 10.7. The Hall–Kier alpha value is -2.87. The number of hydrogen-bond acceptors (Lipinski definition) is 7. The Morgan fingerprint density at radius 2 is 1.41 bits per heavy atom. The molecule has 0 aliphatic heterocycles. The molecule has 1 aromatic heterocycles. The summed E-state index contributed by atoms with van der Waals surface area (Å²) >= 11 is 3.23. The van der Waals surface area contributed by atoms with Gasteiger partial charge in [-0.05, 0) is 54.6 Å². The Balaban J connectivity index is 1.53. The molecular formula is C19H18BrN5O5S2. The molecule has 0 saturated carbocycles. The zero-order valence-electron chi connectivity index (χ0n) is 16.4. The highest BCUT2D eigenvalue weighted by molar-refractivity contribution is 9.10. The Morgan fingerprint density at radius 3 is 2.03 bits per heavy atom. The van der Waals surface area contributed by atoms with E-state index in [1.807, 2.05) is 0 Å². The normalized spacial score (nSPS) is 11.7. The second kappa shape index (κ2) is 10.2. The maximum Gasteiger partial charge on any atom is 0.264 e. The summed E-state index contributed by atoms with van der Waals surface area (Å²) in [5.41, 5.74) is 0.362. The molecule has 32 heavy (non-hydrogen) atoms. The van der Waals surface area contributed by atoms with Gasteiger partial charge in [0, 0.05) is 35.5 Å². The molecule has 13 heteroatoms. The number of hydrogen-bond donors (Lipinski definition) is 3. The van der Waals surface area contributed by atoms with Gasteiger partial charge in [0.05, 0.1) is 9.79 Å². The van der Waals surface area contributed by atoms with Crippen LogP contribution in [-0.4, -0.2) is 39.3 Å². The molecule has 0 aliphatic rings. The number of carbonyl (C=O) groups is 1. The third-order valence-corrected chi connectivity index (χ3v) is 7.36. The quantitative estimate of drug-likeness (QED) is 0.378. The van der Waals surface area contributed by atoms with Gasteiger partial charge in [0.15, 0.2) is 0 Å². The first-order valence-electron chi connectivity index (χ1n) is 9.11. The van der Waals surface area contributed by atoms with Crippen LogP contribution in [0.4, 0.5) is 11.6 Å². The van der Waals surface area contributed by atoms with Crippen LogP contribution in [0, 0.1) is 0 Å². The predicted octanol–water partition coefficient (Wildman–Crippen LogP) is 2.35. The lowest BCUT2D eigenvalue weighted by Crippen LogP contribution is -2.27. The summed E-state index contributed by atoms with van der Waals surface area (Å²) in [5, 5.41) is 2.58. The lowest BCUT2D eigenvalue weighted by Gasteiger charge is -2.09. The molecule has 168 valence electrons. The fourth-order valence-corrected chi connectivity index (χ4v) is 4.72. The zero-order chi connectivity index (χ0) is 23.2. The molecule has 10 nitrogen and oxygen atoms in total. The number of amides is 1. The van der Waals surface area contributed by atoms with Crippen molar-refractivity contribution in [2.45, 2.75) is 16.2 Å². The monoisotopic (exact) mass is 539 g/mol. The van der Waals surface area contributed by atoms with Gasteiger partial charge in [0.1, 0.15) is 0 Å². The topological polar surface area (TPSA) is 147 Å². The highest BCUT2D eigenvalue weighted by Gasteiger charge is 2.16. The van der Waals surface area contributed by atoms with Crippen molar-refractivity contribution in [3.63, 3.8) is 0 Å². The average molecular weight is 540 g/mol. The van der Waals surface area contributed by atoms with E-state index >= 15 is 0 Å². The molecule has 2 aromatic carbocycles. The highest BCUT2D eigenvalue weighted by Crippen LogP contribution is 2.17. The fraction of sp³-hybridized carbons (Fsp3) is 0.105. The van der Waals surface area contributed by atoms with E-state index in [4.69, 9.17) is 0 Å². The number of nitrogens with zero attached hydrogens (tertiary/aromatic N) is 2. The molecule has 3 aromatic rings. The van der Waals surface area contributed by atoms with Gasteiger partial charge in [-0.15, -0.1) is 0 Å². The first-order chi connectivity index (χ1) is 15.2. The maximum atomic E-state index is 12.4. The van der Waals surface area contributed by atoms with E-state index in [1.165, 1.54) is 48.8 Å². The lowest BCUT2D eigenvalue weighted by molar-refractivity contribution is -0.116. The van der Waals surface area contributed by atoms with Gasteiger partial charge in [0.2, 0.25) is 21.9 Å².